The minimum atomic E-state index is -1.25. The van der Waals surface area contributed by atoms with Crippen molar-refractivity contribution >= 4 is 5.97 Å². The molecule has 6 nitrogen and oxygen atoms in total. The van der Waals surface area contributed by atoms with Gasteiger partial charge in [0.2, 0.25) is 0 Å². The molecule has 0 aliphatic carbocycles. The first kappa shape index (κ1) is 11.7. The van der Waals surface area contributed by atoms with Gasteiger partial charge in [0.15, 0.2) is 0 Å². The van der Waals surface area contributed by atoms with Crippen LogP contribution >= 0.6 is 0 Å². The van der Waals surface area contributed by atoms with E-state index in [2.05, 4.69) is 10.1 Å². The zero-order valence-electron chi connectivity index (χ0n) is 9.25. The van der Waals surface area contributed by atoms with Crippen LogP contribution in [0, 0.1) is 24.1 Å². The second-order valence-corrected chi connectivity index (χ2v) is 3.48. The van der Waals surface area contributed by atoms with Crippen LogP contribution in [0.1, 0.15) is 22.0 Å². The van der Waals surface area contributed by atoms with Gasteiger partial charge in [-0.1, -0.05) is 0 Å². The van der Waals surface area contributed by atoms with Crippen molar-refractivity contribution in [3.05, 3.63) is 41.2 Å². The van der Waals surface area contributed by atoms with Crippen LogP contribution in [0.15, 0.2) is 18.2 Å². The zero-order valence-corrected chi connectivity index (χ0v) is 9.25. The molecule has 1 N–H and O–H groups in total. The Kier molecular flexibility index (Phi) is 2.77. The van der Waals surface area contributed by atoms with E-state index in [1.54, 1.807) is 13.0 Å². The Labute approximate surface area is 101 Å². The predicted molar refractivity (Wildman–Crippen MR) is 57.7 cm³/mol. The van der Waals surface area contributed by atoms with Crippen LogP contribution in [0.4, 0.5) is 4.39 Å². The zero-order chi connectivity index (χ0) is 13.3. The monoisotopic (exact) mass is 246 g/mol. The molecule has 0 bridgehead atoms. The van der Waals surface area contributed by atoms with Crippen molar-refractivity contribution < 1.29 is 14.3 Å². The highest BCUT2D eigenvalue weighted by Gasteiger charge is 2.14. The largest absolute Gasteiger partial charge is 0.475 e. The van der Waals surface area contributed by atoms with Crippen molar-refractivity contribution in [2.45, 2.75) is 6.92 Å². The Morgan fingerprint density at radius 1 is 1.56 bits per heavy atom. The number of rotatable bonds is 2. The molecule has 0 spiro atoms. The van der Waals surface area contributed by atoms with E-state index in [-0.39, 0.29) is 11.4 Å². The molecule has 0 atom stereocenters. The van der Waals surface area contributed by atoms with Gasteiger partial charge in [-0.2, -0.15) is 5.26 Å². The lowest BCUT2D eigenvalue weighted by Gasteiger charge is -2.03. The summed E-state index contributed by atoms with van der Waals surface area (Å²) in [6.07, 6.45) is 0. The van der Waals surface area contributed by atoms with Crippen molar-refractivity contribution in [3.63, 3.8) is 0 Å². The van der Waals surface area contributed by atoms with Crippen LogP contribution < -0.4 is 0 Å². The van der Waals surface area contributed by atoms with Gasteiger partial charge < -0.3 is 5.11 Å². The molecular formula is C11H7FN4O2. The first-order valence-corrected chi connectivity index (χ1v) is 4.90. The number of nitrogens with zero attached hydrogens (tertiary/aromatic N) is 4. The van der Waals surface area contributed by atoms with E-state index in [0.29, 0.717) is 11.5 Å². The summed E-state index contributed by atoms with van der Waals surface area (Å²) < 4.78 is 14.4. The molecule has 90 valence electrons. The number of hydrogen-bond donors (Lipinski definition) is 1. The lowest BCUT2D eigenvalue weighted by atomic mass is 10.2. The number of carboxylic acids is 1. The second kappa shape index (κ2) is 4.25. The quantitative estimate of drug-likeness (QED) is 0.861. The fraction of sp³-hybridized carbons (Fsp3) is 0.0909. The molecule has 0 unspecified atom stereocenters. The first-order chi connectivity index (χ1) is 8.52. The summed E-state index contributed by atoms with van der Waals surface area (Å²) in [6.45, 7) is 1.56. The van der Waals surface area contributed by atoms with Crippen molar-refractivity contribution in [1.82, 2.24) is 14.8 Å². The maximum atomic E-state index is 13.2. The highest BCUT2D eigenvalue weighted by molar-refractivity contribution is 5.83. The highest BCUT2D eigenvalue weighted by Crippen LogP contribution is 2.14. The minimum absolute atomic E-state index is 0.140. The number of hydrogen-bond acceptors (Lipinski definition) is 4. The van der Waals surface area contributed by atoms with E-state index in [4.69, 9.17) is 10.4 Å². The topological polar surface area (TPSA) is 91.8 Å². The van der Waals surface area contributed by atoms with Crippen LogP contribution in [0.5, 0.6) is 0 Å². The van der Waals surface area contributed by atoms with Crippen LogP contribution in [0.3, 0.4) is 0 Å². The van der Waals surface area contributed by atoms with Crippen LogP contribution in [-0.2, 0) is 0 Å². The number of halogens is 1. The smallest absolute Gasteiger partial charge is 0.375 e. The van der Waals surface area contributed by atoms with Gasteiger partial charge in [0.1, 0.15) is 17.7 Å². The van der Waals surface area contributed by atoms with Crippen molar-refractivity contribution in [2.75, 3.05) is 0 Å². The highest BCUT2D eigenvalue weighted by atomic mass is 19.1. The third kappa shape index (κ3) is 1.91. The molecule has 2 rings (SSSR count). The van der Waals surface area contributed by atoms with E-state index in [0.717, 1.165) is 6.07 Å². The van der Waals surface area contributed by atoms with Gasteiger partial charge in [-0.05, 0) is 25.1 Å². The summed E-state index contributed by atoms with van der Waals surface area (Å²) >= 11 is 0. The molecular weight excluding hydrogens is 239 g/mol. The number of nitriles is 1. The molecule has 0 fully saturated rings. The van der Waals surface area contributed by atoms with Crippen LogP contribution in [0.2, 0.25) is 0 Å². The summed E-state index contributed by atoms with van der Waals surface area (Å²) in [5.41, 5.74) is 0.240. The van der Waals surface area contributed by atoms with Crippen molar-refractivity contribution in [1.29, 1.82) is 5.26 Å². The summed E-state index contributed by atoms with van der Waals surface area (Å²) in [5.74, 6) is -1.91. The predicted octanol–water partition coefficient (Wildman–Crippen LogP) is 1.28. The Hall–Kier alpha value is -2.75. The summed E-state index contributed by atoms with van der Waals surface area (Å²) in [4.78, 5) is 14.5. The number of carboxylic acid groups (broad SMARTS) is 1. The Morgan fingerprint density at radius 2 is 2.28 bits per heavy atom. The van der Waals surface area contributed by atoms with E-state index in [1.165, 1.54) is 16.8 Å². The maximum absolute atomic E-state index is 13.2. The van der Waals surface area contributed by atoms with Gasteiger partial charge in [0.25, 0.3) is 5.82 Å². The Bertz CT molecular complexity index is 672. The van der Waals surface area contributed by atoms with Gasteiger partial charge in [0.05, 0.1) is 11.3 Å². The first-order valence-electron chi connectivity index (χ1n) is 4.90. The SMILES string of the molecule is Cc1nc(C(=O)O)nn1-c1ccc(F)c(C#N)c1. The van der Waals surface area contributed by atoms with E-state index in [9.17, 15) is 9.18 Å². The second-order valence-electron chi connectivity index (χ2n) is 3.48. The van der Waals surface area contributed by atoms with E-state index >= 15 is 0 Å². The molecule has 1 aromatic carbocycles. The van der Waals surface area contributed by atoms with E-state index in [1.807, 2.05) is 0 Å². The molecule has 0 saturated heterocycles. The van der Waals surface area contributed by atoms with Crippen molar-refractivity contribution in [3.8, 4) is 11.8 Å². The molecule has 2 aromatic rings. The Balaban J connectivity index is 2.56. The third-order valence-corrected chi connectivity index (χ3v) is 2.28. The summed E-state index contributed by atoms with van der Waals surface area (Å²) in [5, 5.41) is 21.2. The lowest BCUT2D eigenvalue weighted by Crippen LogP contribution is -2.03. The number of aromatic carboxylic acids is 1. The normalized spacial score (nSPS) is 10.1. The summed E-state index contributed by atoms with van der Waals surface area (Å²) in [6, 6.07) is 5.49. The molecule has 18 heavy (non-hydrogen) atoms. The minimum Gasteiger partial charge on any atom is -0.475 e. The van der Waals surface area contributed by atoms with Gasteiger partial charge in [-0.15, -0.1) is 5.10 Å². The average Bonchev–Trinajstić information content (AvgIpc) is 2.72. The third-order valence-electron chi connectivity index (χ3n) is 2.28. The van der Waals surface area contributed by atoms with Crippen LogP contribution in [-0.4, -0.2) is 25.8 Å². The number of aromatic nitrogens is 3. The maximum Gasteiger partial charge on any atom is 0.375 e. The van der Waals surface area contributed by atoms with E-state index < -0.39 is 11.8 Å². The molecule has 0 radical (unpaired) electrons. The van der Waals surface area contributed by atoms with Gasteiger partial charge >= 0.3 is 5.97 Å². The molecule has 0 amide bonds. The summed E-state index contributed by atoms with van der Waals surface area (Å²) in [7, 11) is 0. The molecule has 7 heteroatoms. The molecule has 0 aliphatic heterocycles. The molecule has 1 aromatic heterocycles. The average molecular weight is 246 g/mol. The van der Waals surface area contributed by atoms with Gasteiger partial charge in [-0.3, -0.25) is 0 Å². The number of aryl methyl sites for hydroxylation is 1. The fourth-order valence-electron chi connectivity index (χ4n) is 1.46. The number of benzene rings is 1. The fourth-order valence-corrected chi connectivity index (χ4v) is 1.46. The Morgan fingerprint density at radius 3 is 2.83 bits per heavy atom. The van der Waals surface area contributed by atoms with Gasteiger partial charge in [0, 0.05) is 0 Å². The standard InChI is InChI=1S/C11H7FN4O2/c1-6-14-10(11(17)18)15-16(6)8-2-3-9(12)7(4-8)5-13/h2-4H,1H3,(H,17,18). The molecule has 1 heterocycles. The van der Waals surface area contributed by atoms with Crippen LogP contribution in [0.25, 0.3) is 5.69 Å². The molecule has 0 aliphatic rings. The number of carbonyl (C=O) groups is 1. The molecule has 0 saturated carbocycles. The lowest BCUT2D eigenvalue weighted by molar-refractivity contribution is 0.0683. The van der Waals surface area contributed by atoms with Crippen molar-refractivity contribution in [2.24, 2.45) is 0 Å². The van der Waals surface area contributed by atoms with Gasteiger partial charge in [-0.25, -0.2) is 18.9 Å².